The van der Waals surface area contributed by atoms with Crippen LogP contribution in [0.4, 0.5) is 0 Å². The van der Waals surface area contributed by atoms with Crippen LogP contribution in [0, 0.1) is 11.8 Å². The Hall–Kier alpha value is -1.10. The Kier molecular flexibility index (Phi) is 5.02. The van der Waals surface area contributed by atoms with Gasteiger partial charge in [-0.05, 0) is 44.6 Å². The second kappa shape index (κ2) is 6.57. The molecule has 114 valence electrons. The summed E-state index contributed by atoms with van der Waals surface area (Å²) in [4.78, 5) is 27.1. The van der Waals surface area contributed by atoms with Gasteiger partial charge < -0.3 is 10.0 Å². The van der Waals surface area contributed by atoms with Crippen LogP contribution >= 0.6 is 0 Å². The zero-order valence-corrected chi connectivity index (χ0v) is 12.5. The highest BCUT2D eigenvalue weighted by atomic mass is 16.4. The minimum atomic E-state index is -0.741. The average Bonchev–Trinajstić information content (AvgIpc) is 2.87. The van der Waals surface area contributed by atoms with Gasteiger partial charge in [0, 0.05) is 19.6 Å². The van der Waals surface area contributed by atoms with Gasteiger partial charge in [-0.25, -0.2) is 0 Å². The Morgan fingerprint density at radius 3 is 2.40 bits per heavy atom. The van der Waals surface area contributed by atoms with Gasteiger partial charge in [0.15, 0.2) is 0 Å². The molecule has 1 heterocycles. The van der Waals surface area contributed by atoms with E-state index in [1.54, 1.807) is 0 Å². The van der Waals surface area contributed by atoms with Crippen molar-refractivity contribution < 1.29 is 14.7 Å². The van der Waals surface area contributed by atoms with Gasteiger partial charge in [-0.3, -0.25) is 14.5 Å². The molecule has 0 spiro atoms. The molecule has 2 aliphatic rings. The lowest BCUT2D eigenvalue weighted by atomic mass is 9.87. The third-order valence-corrected chi connectivity index (χ3v) is 4.91. The molecule has 2 rings (SSSR count). The standard InChI is InChI=1S/C15H26N2O3/c1-11-3-5-13(6-4-11)16(2)14(18)10-17-8-7-12(9-17)15(19)20/h11-13H,3-10H2,1-2H3,(H,19,20). The van der Waals surface area contributed by atoms with E-state index < -0.39 is 5.97 Å². The van der Waals surface area contributed by atoms with Crippen LogP contribution in [-0.2, 0) is 9.59 Å². The topological polar surface area (TPSA) is 60.9 Å². The van der Waals surface area contributed by atoms with E-state index >= 15 is 0 Å². The third-order valence-electron chi connectivity index (χ3n) is 4.91. The molecule has 1 saturated heterocycles. The predicted octanol–water partition coefficient (Wildman–Crippen LogP) is 1.43. The lowest BCUT2D eigenvalue weighted by Gasteiger charge is -2.34. The molecule has 1 amide bonds. The second-order valence-corrected chi connectivity index (χ2v) is 6.48. The number of aliphatic carboxylic acids is 1. The molecule has 2 fully saturated rings. The molecule has 1 atom stereocenters. The summed E-state index contributed by atoms with van der Waals surface area (Å²) in [6, 6.07) is 0.372. The Bertz CT molecular complexity index is 364. The molecule has 20 heavy (non-hydrogen) atoms. The summed E-state index contributed by atoms with van der Waals surface area (Å²) in [6.45, 7) is 3.87. The number of nitrogens with zero attached hydrogens (tertiary/aromatic N) is 2. The fraction of sp³-hybridized carbons (Fsp3) is 0.867. The van der Waals surface area contributed by atoms with E-state index in [0.717, 1.165) is 25.3 Å². The molecule has 0 aromatic carbocycles. The smallest absolute Gasteiger partial charge is 0.307 e. The number of amides is 1. The SMILES string of the molecule is CC1CCC(N(C)C(=O)CN2CCC(C(=O)O)C2)CC1. The van der Waals surface area contributed by atoms with Gasteiger partial charge in [0.1, 0.15) is 0 Å². The number of hydrogen-bond donors (Lipinski definition) is 1. The molecular weight excluding hydrogens is 256 g/mol. The number of carboxylic acid groups (broad SMARTS) is 1. The van der Waals surface area contributed by atoms with Crippen molar-refractivity contribution in [1.29, 1.82) is 0 Å². The maximum Gasteiger partial charge on any atom is 0.307 e. The van der Waals surface area contributed by atoms with Gasteiger partial charge >= 0.3 is 5.97 Å². The van der Waals surface area contributed by atoms with E-state index in [-0.39, 0.29) is 11.8 Å². The summed E-state index contributed by atoms with van der Waals surface area (Å²) in [5.41, 5.74) is 0. The number of hydrogen-bond acceptors (Lipinski definition) is 3. The number of likely N-dealkylation sites (N-methyl/N-ethyl adjacent to an activating group) is 1. The summed E-state index contributed by atoms with van der Waals surface area (Å²) < 4.78 is 0. The summed E-state index contributed by atoms with van der Waals surface area (Å²) in [6.07, 6.45) is 5.26. The molecule has 5 nitrogen and oxygen atoms in total. The maximum atomic E-state index is 12.3. The highest BCUT2D eigenvalue weighted by Crippen LogP contribution is 2.26. The minimum Gasteiger partial charge on any atom is -0.481 e. The van der Waals surface area contributed by atoms with E-state index in [4.69, 9.17) is 5.11 Å². The number of carboxylic acids is 1. The second-order valence-electron chi connectivity index (χ2n) is 6.48. The van der Waals surface area contributed by atoms with Crippen molar-refractivity contribution in [1.82, 2.24) is 9.80 Å². The fourth-order valence-electron chi connectivity index (χ4n) is 3.31. The van der Waals surface area contributed by atoms with Crippen molar-refractivity contribution in [2.24, 2.45) is 11.8 Å². The summed E-state index contributed by atoms with van der Waals surface area (Å²) in [5, 5.41) is 8.98. The normalized spacial score (nSPS) is 31.2. The zero-order chi connectivity index (χ0) is 14.7. The number of rotatable bonds is 4. The van der Waals surface area contributed by atoms with Crippen LogP contribution in [-0.4, -0.2) is 59.5 Å². The Balaban J connectivity index is 1.78. The quantitative estimate of drug-likeness (QED) is 0.847. The van der Waals surface area contributed by atoms with Gasteiger partial charge in [0.2, 0.25) is 5.91 Å². The molecule has 5 heteroatoms. The first-order chi connectivity index (χ1) is 9.47. The fourth-order valence-corrected chi connectivity index (χ4v) is 3.31. The first-order valence-corrected chi connectivity index (χ1v) is 7.68. The van der Waals surface area contributed by atoms with Gasteiger partial charge in [-0.15, -0.1) is 0 Å². The van der Waals surface area contributed by atoms with Gasteiger partial charge in [0.25, 0.3) is 0 Å². The van der Waals surface area contributed by atoms with Crippen LogP contribution in [0.1, 0.15) is 39.0 Å². The molecule has 0 bridgehead atoms. The highest BCUT2D eigenvalue weighted by Gasteiger charge is 2.31. The van der Waals surface area contributed by atoms with Crippen LogP contribution in [0.5, 0.6) is 0 Å². The van der Waals surface area contributed by atoms with E-state index in [1.165, 1.54) is 12.8 Å². The van der Waals surface area contributed by atoms with Crippen molar-refractivity contribution in [3.63, 3.8) is 0 Å². The van der Waals surface area contributed by atoms with E-state index in [1.807, 2.05) is 16.8 Å². The molecule has 0 radical (unpaired) electrons. The van der Waals surface area contributed by atoms with Crippen LogP contribution in [0.2, 0.25) is 0 Å². The third kappa shape index (κ3) is 3.72. The monoisotopic (exact) mass is 282 g/mol. The zero-order valence-electron chi connectivity index (χ0n) is 12.5. The predicted molar refractivity (Wildman–Crippen MR) is 76.4 cm³/mol. The Morgan fingerprint density at radius 2 is 1.85 bits per heavy atom. The molecule has 1 aliphatic heterocycles. The molecule has 1 unspecified atom stereocenters. The van der Waals surface area contributed by atoms with Crippen molar-refractivity contribution in [2.75, 3.05) is 26.7 Å². The van der Waals surface area contributed by atoms with E-state index in [9.17, 15) is 9.59 Å². The summed E-state index contributed by atoms with van der Waals surface area (Å²) in [7, 11) is 1.90. The van der Waals surface area contributed by atoms with Gasteiger partial charge in [-0.1, -0.05) is 6.92 Å². The van der Waals surface area contributed by atoms with E-state index in [2.05, 4.69) is 6.92 Å². The van der Waals surface area contributed by atoms with Crippen LogP contribution in [0.25, 0.3) is 0 Å². The van der Waals surface area contributed by atoms with Crippen LogP contribution in [0.3, 0.4) is 0 Å². The van der Waals surface area contributed by atoms with Crippen LogP contribution in [0.15, 0.2) is 0 Å². The highest BCUT2D eigenvalue weighted by molar-refractivity contribution is 5.78. The number of likely N-dealkylation sites (tertiary alicyclic amines) is 1. The maximum absolute atomic E-state index is 12.3. The van der Waals surface area contributed by atoms with Gasteiger partial charge in [-0.2, -0.15) is 0 Å². The first-order valence-electron chi connectivity index (χ1n) is 7.68. The van der Waals surface area contributed by atoms with E-state index in [0.29, 0.717) is 25.6 Å². The van der Waals surface area contributed by atoms with Crippen molar-refractivity contribution in [2.45, 2.75) is 45.1 Å². The molecule has 0 aromatic rings. The lowest BCUT2D eigenvalue weighted by Crippen LogP contribution is -2.44. The average molecular weight is 282 g/mol. The lowest BCUT2D eigenvalue weighted by molar-refractivity contribution is -0.141. The minimum absolute atomic E-state index is 0.135. The number of carbonyl (C=O) groups is 2. The van der Waals surface area contributed by atoms with Crippen molar-refractivity contribution in [3.05, 3.63) is 0 Å². The summed E-state index contributed by atoms with van der Waals surface area (Å²) >= 11 is 0. The molecule has 1 N–H and O–H groups in total. The van der Waals surface area contributed by atoms with Crippen LogP contribution < -0.4 is 0 Å². The largest absolute Gasteiger partial charge is 0.481 e. The Morgan fingerprint density at radius 1 is 1.20 bits per heavy atom. The van der Waals surface area contributed by atoms with Gasteiger partial charge in [0.05, 0.1) is 12.5 Å². The molecule has 1 saturated carbocycles. The number of carbonyl (C=O) groups excluding carboxylic acids is 1. The molecule has 0 aromatic heterocycles. The van der Waals surface area contributed by atoms with Crippen molar-refractivity contribution >= 4 is 11.9 Å². The molecular formula is C15H26N2O3. The Labute approximate surface area is 120 Å². The first kappa shape index (κ1) is 15.3. The van der Waals surface area contributed by atoms with Crippen molar-refractivity contribution in [3.8, 4) is 0 Å². The summed E-state index contributed by atoms with van der Waals surface area (Å²) in [5.74, 6) is -0.126. The molecule has 1 aliphatic carbocycles.